The predicted octanol–water partition coefficient (Wildman–Crippen LogP) is 23.0. The molecule has 0 aliphatic carbocycles. The highest BCUT2D eigenvalue weighted by molar-refractivity contribution is 7.26. The second-order valence-corrected chi connectivity index (χ2v) is 30.8. The second-order valence-electron chi connectivity index (χ2n) is 29.7. The molecule has 0 amide bonds. The zero-order valence-corrected chi connectivity index (χ0v) is 65.7. The van der Waals surface area contributed by atoms with Gasteiger partial charge in [-0.1, -0.05) is 201 Å². The van der Waals surface area contributed by atoms with Crippen LogP contribution in [-0.2, 0) is 0 Å². The van der Waals surface area contributed by atoms with Crippen LogP contribution in [0, 0.1) is 85.9 Å². The third-order valence-electron chi connectivity index (χ3n) is 23.0. The smallest absolute Gasteiger partial charge is 0.307 e. The molecule has 0 spiro atoms. The van der Waals surface area contributed by atoms with Gasteiger partial charge < -0.3 is 9.26 Å². The number of nitrogens with zero attached hydrogens (tertiary/aromatic N) is 22. The van der Waals surface area contributed by atoms with E-state index in [4.69, 9.17) is 25.9 Å². The molecule has 26 rings (SSSR count). The van der Waals surface area contributed by atoms with Crippen LogP contribution in [0.15, 0.2) is 259 Å². The summed E-state index contributed by atoms with van der Waals surface area (Å²) in [6, 6.07) is 95.2. The number of fused-ring (bicyclic) bond motifs is 40. The maximum Gasteiger partial charge on any atom is 0.307 e. The lowest BCUT2D eigenvalue weighted by Crippen LogP contribution is -2.00. The molecule has 0 aliphatic heterocycles. The highest BCUT2D eigenvalue weighted by Crippen LogP contribution is 2.47. The number of rotatable bonds is 0. The van der Waals surface area contributed by atoms with Gasteiger partial charge in [-0.3, -0.25) is 0 Å². The van der Waals surface area contributed by atoms with Crippen molar-refractivity contribution < 1.29 is 4.42 Å². The van der Waals surface area contributed by atoms with E-state index in [1.165, 1.54) is 20.2 Å². The van der Waals surface area contributed by atoms with Crippen molar-refractivity contribution in [1.82, 2.24) is 69.8 Å². The standard InChI is InChI=1S/C28H12N4O.C28H12N4S.C24H10N6.C22H8N8/c29-13-22-23(14-30)32-28-21-11-19-17-7-3-4-8-24(17)33-25(19)12-20(21)26-16-6-2-1-5-15(16)9-10-18(26)27(28)31-22;1-30-28-22(14-29)31-26-18-11-10-15-6-2-3-7-16(15)25(18)20-13-24-19(12-21(20)27(26)32-28)17-8-4-5-9-23(17)33-24;25-11-18-19(12-26)30-23-21(29-18)15-10-9-13-5-1-2-6-14(13)20(15)22-24(23)28-17-8-4-3-7-16(17)27-22;23-9-14-15(10-24)28-19-17(27-14)13-6-5-11-3-1-2-4-12(11)16(13)18-20(19)30-22-21(29-18)25-7-8-26-22/h1-12H;2-13H;1-10H;1-8H. The third kappa shape index (κ3) is 11.0. The Hall–Kier alpha value is -19.1. The van der Waals surface area contributed by atoms with Crippen molar-refractivity contribution in [1.29, 1.82) is 36.8 Å². The first-order valence-corrected chi connectivity index (χ1v) is 40.1. The van der Waals surface area contributed by atoms with Crippen LogP contribution < -0.4 is 0 Å². The number of thiophene rings is 1. The van der Waals surface area contributed by atoms with Gasteiger partial charge in [-0.05, 0) is 113 Å². The number of para-hydroxylation sites is 3. The molecule has 0 unspecified atom stereocenters. The third-order valence-corrected chi connectivity index (χ3v) is 24.2. The average Bonchev–Trinajstić information content (AvgIpc) is 1.14. The summed E-state index contributed by atoms with van der Waals surface area (Å²) in [6.07, 6.45) is 3.11. The molecule has 24 heteroatoms. The lowest BCUT2D eigenvalue weighted by Gasteiger charge is -2.12. The minimum atomic E-state index is -0.0486. The molecule has 572 valence electrons. The van der Waals surface area contributed by atoms with Crippen molar-refractivity contribution in [2.24, 2.45) is 0 Å². The minimum Gasteiger partial charge on any atom is -0.456 e. The predicted molar refractivity (Wildman–Crippen MR) is 489 cm³/mol. The first-order valence-electron chi connectivity index (χ1n) is 39.2. The Morgan fingerprint density at radius 1 is 0.246 bits per heavy atom. The number of hydrogen-bond donors (Lipinski definition) is 0. The average molecular weight is 1620 g/mol. The van der Waals surface area contributed by atoms with Crippen molar-refractivity contribution in [3.63, 3.8) is 0 Å². The first kappa shape index (κ1) is 72.2. The van der Waals surface area contributed by atoms with Crippen LogP contribution in [0.1, 0.15) is 39.9 Å². The molecule has 0 saturated heterocycles. The van der Waals surface area contributed by atoms with Crippen molar-refractivity contribution in [2.75, 3.05) is 0 Å². The lowest BCUT2D eigenvalue weighted by molar-refractivity contribution is 0.669. The maximum atomic E-state index is 9.60. The van der Waals surface area contributed by atoms with E-state index in [9.17, 15) is 36.8 Å². The molecule has 0 saturated carbocycles. The molecule has 0 fully saturated rings. The normalized spacial score (nSPS) is 11.4. The lowest BCUT2D eigenvalue weighted by atomic mass is 9.93. The zero-order valence-electron chi connectivity index (χ0n) is 64.9. The van der Waals surface area contributed by atoms with Crippen molar-refractivity contribution in [2.45, 2.75) is 0 Å². The molecule has 0 N–H and O–H groups in total. The van der Waals surface area contributed by atoms with Gasteiger partial charge in [0.15, 0.2) is 56.7 Å². The summed E-state index contributed by atoms with van der Waals surface area (Å²) in [6.45, 7) is 7.53. The number of hydrogen-bond acceptors (Lipinski definition) is 23. The summed E-state index contributed by atoms with van der Waals surface area (Å²) in [5.41, 5.74) is 10.8. The van der Waals surface area contributed by atoms with Gasteiger partial charge in [0.2, 0.25) is 0 Å². The molecule has 0 bridgehead atoms. The van der Waals surface area contributed by atoms with E-state index >= 15 is 0 Å². The summed E-state index contributed by atoms with van der Waals surface area (Å²) < 4.78 is 8.63. The van der Waals surface area contributed by atoms with E-state index < -0.39 is 0 Å². The van der Waals surface area contributed by atoms with Gasteiger partial charge in [0.25, 0.3) is 0 Å². The number of aromatic nitrogens is 14. The quantitative estimate of drug-likeness (QED) is 0.0773. The Morgan fingerprint density at radius 3 is 1.09 bits per heavy atom. The molecular formula is C102H42N22OS. The summed E-state index contributed by atoms with van der Waals surface area (Å²) in [4.78, 5) is 67.7. The molecule has 0 aliphatic rings. The van der Waals surface area contributed by atoms with Gasteiger partial charge in [-0.2, -0.15) is 36.8 Å². The fourth-order valence-corrected chi connectivity index (χ4v) is 18.7. The Bertz CT molecular complexity index is 9300. The molecule has 0 atom stereocenters. The highest BCUT2D eigenvalue weighted by Gasteiger charge is 2.26. The van der Waals surface area contributed by atoms with Crippen LogP contribution in [0.25, 0.3) is 243 Å². The fraction of sp³-hybridized carbons (Fsp3) is 0. The van der Waals surface area contributed by atoms with Gasteiger partial charge in [0.1, 0.15) is 103 Å². The molecule has 23 nitrogen and oxygen atoms in total. The SMILES string of the molecule is N#Cc1nc2c3cc4c(cc3c3c5ccccc5ccc3c2nc1C#N)oc1ccccc14.N#Cc1nc2c3ccc4ccccc4c3c3nc4ccccc4nc3c2nc1C#N.N#Cc1nc2c3ccc4ccccc4c3c3nc4nccnc4nc3c2nc1C#N.[C-]#[N+]c1nc2c3cc4c(cc3c3c5ccccc5ccc3c2nc1C#N)sc1ccccc14. The van der Waals surface area contributed by atoms with E-state index in [1.54, 1.807) is 23.7 Å². The number of furan rings is 1. The maximum absolute atomic E-state index is 9.60. The van der Waals surface area contributed by atoms with Crippen molar-refractivity contribution in [3.05, 3.63) is 306 Å². The van der Waals surface area contributed by atoms with Crippen LogP contribution in [0.4, 0.5) is 5.82 Å². The van der Waals surface area contributed by atoms with Gasteiger partial charge in [-0.25, -0.2) is 64.8 Å². The number of benzene rings is 17. The van der Waals surface area contributed by atoms with Crippen LogP contribution in [0.5, 0.6) is 0 Å². The zero-order chi connectivity index (χ0) is 84.7. The molecule has 9 heterocycles. The molecule has 0 radical (unpaired) electrons. The van der Waals surface area contributed by atoms with Gasteiger partial charge in [0.05, 0.1) is 22.1 Å². The van der Waals surface area contributed by atoms with Gasteiger partial charge in [0, 0.05) is 86.4 Å². The Balaban J connectivity index is 0.0000000967. The molecule has 17 aromatic carbocycles. The molecule has 9 aromatic heterocycles. The molecular weight excluding hydrogens is 1580 g/mol. The fourth-order valence-electron chi connectivity index (χ4n) is 17.6. The largest absolute Gasteiger partial charge is 0.456 e. The van der Waals surface area contributed by atoms with Crippen molar-refractivity contribution in [3.8, 4) is 42.5 Å². The minimum absolute atomic E-state index is 0.00700. The van der Waals surface area contributed by atoms with Crippen molar-refractivity contribution >= 4 is 256 Å². The Labute approximate surface area is 710 Å². The highest BCUT2D eigenvalue weighted by atomic mass is 32.1. The first-order chi connectivity index (χ1) is 62.1. The summed E-state index contributed by atoms with van der Waals surface area (Å²) in [7, 11) is 0. The van der Waals surface area contributed by atoms with E-state index in [-0.39, 0.29) is 45.7 Å². The summed E-state index contributed by atoms with van der Waals surface area (Å²) >= 11 is 1.78. The summed E-state index contributed by atoms with van der Waals surface area (Å²) in [5.74, 6) is 0.0433. The van der Waals surface area contributed by atoms with Crippen LogP contribution >= 0.6 is 11.3 Å². The monoisotopic (exact) mass is 1620 g/mol. The van der Waals surface area contributed by atoms with Crippen LogP contribution in [-0.4, -0.2) is 69.8 Å². The number of nitriles is 7. The molecule has 126 heavy (non-hydrogen) atoms. The second kappa shape index (κ2) is 28.3. The van der Waals surface area contributed by atoms with Gasteiger partial charge in [-0.15, -0.1) is 16.3 Å². The summed E-state index contributed by atoms with van der Waals surface area (Å²) in [5, 5.41) is 90.8. The van der Waals surface area contributed by atoms with E-state index in [0.717, 1.165) is 141 Å². The Morgan fingerprint density at radius 2 is 0.595 bits per heavy atom. The Kier molecular flexibility index (Phi) is 16.2. The van der Waals surface area contributed by atoms with E-state index in [2.05, 4.69) is 157 Å². The van der Waals surface area contributed by atoms with Crippen LogP contribution in [0.2, 0.25) is 0 Å². The van der Waals surface area contributed by atoms with E-state index in [1.807, 2.05) is 188 Å². The van der Waals surface area contributed by atoms with Gasteiger partial charge >= 0.3 is 5.82 Å². The topological polar surface area (TPSA) is 364 Å². The van der Waals surface area contributed by atoms with E-state index in [0.29, 0.717) is 77.5 Å². The van der Waals surface area contributed by atoms with Crippen LogP contribution in [0.3, 0.4) is 0 Å². The molecule has 26 aromatic rings.